The maximum atomic E-state index is 5.72. The molecule has 0 aliphatic heterocycles. The number of hydrogen-bond donors (Lipinski definition) is 1. The molecule has 5 heteroatoms. The van der Waals surface area contributed by atoms with Crippen LogP contribution < -0.4 is 10.5 Å². The van der Waals surface area contributed by atoms with E-state index in [0.29, 0.717) is 11.6 Å². The Kier molecular flexibility index (Phi) is 2.32. The van der Waals surface area contributed by atoms with E-state index >= 15 is 0 Å². The van der Waals surface area contributed by atoms with Crippen LogP contribution in [0.2, 0.25) is 0 Å². The van der Waals surface area contributed by atoms with Crippen molar-refractivity contribution in [3.05, 3.63) is 23.6 Å². The molecule has 0 aliphatic carbocycles. The summed E-state index contributed by atoms with van der Waals surface area (Å²) in [7, 11) is 1.52. The van der Waals surface area contributed by atoms with Crippen LogP contribution >= 0.6 is 11.3 Å². The Morgan fingerprint density at radius 2 is 2.29 bits per heavy atom. The fraction of sp³-hybridized carbons (Fsp3) is 0.111. The van der Waals surface area contributed by atoms with Crippen LogP contribution in [-0.2, 0) is 0 Å². The number of hydrogen-bond acceptors (Lipinski definition) is 5. The Labute approximate surface area is 85.4 Å². The first-order chi connectivity index (χ1) is 6.81. The lowest BCUT2D eigenvalue weighted by atomic mass is 10.3. The van der Waals surface area contributed by atoms with Gasteiger partial charge >= 0.3 is 0 Å². The molecule has 0 aliphatic rings. The SMILES string of the molecule is COc1nnc(-c2cccs2)cc1N. The van der Waals surface area contributed by atoms with Gasteiger partial charge in [-0.1, -0.05) is 6.07 Å². The molecule has 0 radical (unpaired) electrons. The van der Waals surface area contributed by atoms with E-state index in [1.165, 1.54) is 7.11 Å². The number of nitrogen functional groups attached to an aromatic ring is 1. The van der Waals surface area contributed by atoms with Gasteiger partial charge in [0, 0.05) is 0 Å². The van der Waals surface area contributed by atoms with Crippen molar-refractivity contribution in [2.75, 3.05) is 12.8 Å². The molecule has 0 saturated carbocycles. The highest BCUT2D eigenvalue weighted by Gasteiger charge is 2.06. The van der Waals surface area contributed by atoms with Crippen molar-refractivity contribution in [3.8, 4) is 16.5 Å². The third kappa shape index (κ3) is 1.54. The summed E-state index contributed by atoms with van der Waals surface area (Å²) in [4.78, 5) is 1.05. The average molecular weight is 207 g/mol. The highest BCUT2D eigenvalue weighted by Crippen LogP contribution is 2.26. The number of rotatable bonds is 2. The molecule has 0 unspecified atom stereocenters. The third-order valence-corrected chi connectivity index (χ3v) is 2.65. The summed E-state index contributed by atoms with van der Waals surface area (Å²) in [6.07, 6.45) is 0. The van der Waals surface area contributed by atoms with Gasteiger partial charge in [-0.15, -0.1) is 21.5 Å². The van der Waals surface area contributed by atoms with Crippen LogP contribution in [0.25, 0.3) is 10.6 Å². The highest BCUT2D eigenvalue weighted by atomic mass is 32.1. The second-order valence-corrected chi connectivity index (χ2v) is 3.62. The summed E-state index contributed by atoms with van der Waals surface area (Å²) in [5, 5.41) is 9.85. The van der Waals surface area contributed by atoms with E-state index in [1.807, 2.05) is 17.5 Å². The van der Waals surface area contributed by atoms with Crippen molar-refractivity contribution < 1.29 is 4.74 Å². The molecule has 72 valence electrons. The Morgan fingerprint density at radius 1 is 1.43 bits per heavy atom. The number of nitrogens with two attached hydrogens (primary N) is 1. The Balaban J connectivity index is 2.43. The van der Waals surface area contributed by atoms with Crippen molar-refractivity contribution in [1.82, 2.24) is 10.2 Å². The molecule has 4 nitrogen and oxygen atoms in total. The molecule has 14 heavy (non-hydrogen) atoms. The van der Waals surface area contributed by atoms with E-state index in [9.17, 15) is 0 Å². The molecule has 2 heterocycles. The molecule has 2 N–H and O–H groups in total. The Bertz CT molecular complexity index is 428. The number of ether oxygens (including phenoxy) is 1. The van der Waals surface area contributed by atoms with Gasteiger partial charge in [-0.25, -0.2) is 0 Å². The van der Waals surface area contributed by atoms with E-state index in [4.69, 9.17) is 10.5 Å². The topological polar surface area (TPSA) is 61.0 Å². The first-order valence-electron chi connectivity index (χ1n) is 4.02. The van der Waals surface area contributed by atoms with Crippen molar-refractivity contribution in [3.63, 3.8) is 0 Å². The maximum absolute atomic E-state index is 5.72. The second-order valence-electron chi connectivity index (χ2n) is 2.67. The predicted molar refractivity (Wildman–Crippen MR) is 56.3 cm³/mol. The van der Waals surface area contributed by atoms with Crippen LogP contribution in [0.1, 0.15) is 0 Å². The van der Waals surface area contributed by atoms with Crippen molar-refractivity contribution in [2.45, 2.75) is 0 Å². The Hall–Kier alpha value is -1.62. The predicted octanol–water partition coefficient (Wildman–Crippen LogP) is 1.80. The Morgan fingerprint density at radius 3 is 2.86 bits per heavy atom. The van der Waals surface area contributed by atoms with Gasteiger partial charge in [0.1, 0.15) is 5.69 Å². The van der Waals surface area contributed by atoms with Crippen LogP contribution in [0.4, 0.5) is 5.69 Å². The first-order valence-corrected chi connectivity index (χ1v) is 4.90. The number of methoxy groups -OCH3 is 1. The smallest absolute Gasteiger partial charge is 0.256 e. The molecular formula is C9H9N3OS. The van der Waals surface area contributed by atoms with Gasteiger partial charge in [-0.05, 0) is 17.5 Å². The number of nitrogens with zero attached hydrogens (tertiary/aromatic N) is 2. The minimum absolute atomic E-state index is 0.366. The van der Waals surface area contributed by atoms with Crippen LogP contribution in [-0.4, -0.2) is 17.3 Å². The van der Waals surface area contributed by atoms with Gasteiger partial charge in [0.2, 0.25) is 0 Å². The van der Waals surface area contributed by atoms with E-state index in [0.717, 1.165) is 10.6 Å². The maximum Gasteiger partial charge on any atom is 0.256 e. The molecule has 0 amide bonds. The molecule has 2 aromatic rings. The number of thiophene rings is 1. The zero-order valence-corrected chi connectivity index (χ0v) is 8.41. The van der Waals surface area contributed by atoms with Gasteiger partial charge in [-0.3, -0.25) is 0 Å². The van der Waals surface area contributed by atoms with Gasteiger partial charge in [0.05, 0.1) is 17.7 Å². The van der Waals surface area contributed by atoms with E-state index in [2.05, 4.69) is 10.2 Å². The zero-order chi connectivity index (χ0) is 9.97. The minimum atomic E-state index is 0.366. The van der Waals surface area contributed by atoms with Crippen molar-refractivity contribution in [1.29, 1.82) is 0 Å². The molecule has 2 rings (SSSR count). The van der Waals surface area contributed by atoms with E-state index in [-0.39, 0.29) is 0 Å². The molecule has 0 aromatic carbocycles. The second kappa shape index (κ2) is 3.63. The van der Waals surface area contributed by atoms with Crippen LogP contribution in [0, 0.1) is 0 Å². The van der Waals surface area contributed by atoms with E-state index < -0.39 is 0 Å². The zero-order valence-electron chi connectivity index (χ0n) is 7.60. The molecule has 0 atom stereocenters. The monoisotopic (exact) mass is 207 g/mol. The number of aromatic nitrogens is 2. The number of anilines is 1. The normalized spacial score (nSPS) is 10.1. The van der Waals surface area contributed by atoms with Crippen LogP contribution in [0.15, 0.2) is 23.6 Å². The fourth-order valence-electron chi connectivity index (χ4n) is 1.10. The summed E-state index contributed by atoms with van der Waals surface area (Å²) >= 11 is 1.60. The standard InChI is InChI=1S/C9H9N3OS/c1-13-9-6(10)5-7(11-12-9)8-3-2-4-14-8/h2-5H,1H3,(H2,10,11). The third-order valence-electron chi connectivity index (χ3n) is 1.75. The quantitative estimate of drug-likeness (QED) is 0.815. The molecule has 0 fully saturated rings. The van der Waals surface area contributed by atoms with Gasteiger partial charge in [0.15, 0.2) is 0 Å². The molecule has 2 aromatic heterocycles. The largest absolute Gasteiger partial charge is 0.478 e. The summed E-state index contributed by atoms with van der Waals surface area (Å²) in [5.41, 5.74) is 7.00. The summed E-state index contributed by atoms with van der Waals surface area (Å²) in [6.45, 7) is 0. The van der Waals surface area contributed by atoms with Gasteiger partial charge in [0.25, 0.3) is 5.88 Å². The fourth-order valence-corrected chi connectivity index (χ4v) is 1.78. The highest BCUT2D eigenvalue weighted by molar-refractivity contribution is 7.13. The summed E-state index contributed by atoms with van der Waals surface area (Å²) in [5.74, 6) is 0.366. The van der Waals surface area contributed by atoms with Crippen LogP contribution in [0.5, 0.6) is 5.88 Å². The van der Waals surface area contributed by atoms with Gasteiger partial charge in [-0.2, -0.15) is 0 Å². The molecule has 0 bridgehead atoms. The van der Waals surface area contributed by atoms with Crippen LogP contribution in [0.3, 0.4) is 0 Å². The lowest BCUT2D eigenvalue weighted by Crippen LogP contribution is -1.98. The molecule has 0 spiro atoms. The molecule has 0 saturated heterocycles. The summed E-state index contributed by atoms with van der Waals surface area (Å²) in [6, 6.07) is 5.69. The summed E-state index contributed by atoms with van der Waals surface area (Å²) < 4.78 is 4.92. The lowest BCUT2D eigenvalue weighted by molar-refractivity contribution is 0.394. The van der Waals surface area contributed by atoms with Crippen molar-refractivity contribution in [2.24, 2.45) is 0 Å². The van der Waals surface area contributed by atoms with E-state index in [1.54, 1.807) is 17.4 Å². The van der Waals surface area contributed by atoms with Crippen molar-refractivity contribution >= 4 is 17.0 Å². The lowest BCUT2D eigenvalue weighted by Gasteiger charge is -2.02. The minimum Gasteiger partial charge on any atom is -0.478 e. The average Bonchev–Trinajstić information content (AvgIpc) is 2.70. The van der Waals surface area contributed by atoms with Gasteiger partial charge < -0.3 is 10.5 Å². The first kappa shape index (κ1) is 8.96. The molecular weight excluding hydrogens is 198 g/mol.